The standard InChI is InChI=1S/C38H43N5O4/c1-23(2)46-36(44)42-18-6-7-33(42)35-40-30-17-12-25(19-31(30)41-35)9-8-24-10-13-26(14-11-24)28-21-32(39-22-28)34-27-15-16-29(20-27)43(34)37(45)47-38(3,4)5/h10-14,17,19,22-23,27,29,33-34H,6-7,15-16,18,20-21H2,1-5H3,(H,40,41)/t27-,29+,33+,34+/m1/s1. The first kappa shape index (κ1) is 31.0. The highest BCUT2D eigenvalue weighted by molar-refractivity contribution is 6.03. The number of carbonyl (C=O) groups excluding carboxylic acids is 2. The number of allylic oxidation sites excluding steroid dienone is 1. The number of hydrogen-bond donors (Lipinski definition) is 1. The molecule has 4 atom stereocenters. The van der Waals surface area contributed by atoms with Gasteiger partial charge < -0.3 is 14.5 Å². The fourth-order valence-electron chi connectivity index (χ4n) is 7.52. The number of amides is 2. The second-order valence-corrected chi connectivity index (χ2v) is 14.5. The summed E-state index contributed by atoms with van der Waals surface area (Å²) in [5.74, 6) is 7.82. The van der Waals surface area contributed by atoms with Crippen molar-refractivity contribution in [3.05, 3.63) is 71.2 Å². The number of nitrogens with zero attached hydrogens (tertiary/aromatic N) is 4. The van der Waals surface area contributed by atoms with Gasteiger partial charge in [0, 0.05) is 42.0 Å². The molecule has 2 aromatic carbocycles. The summed E-state index contributed by atoms with van der Waals surface area (Å²) in [4.78, 5) is 42.6. The molecule has 4 aliphatic rings. The fraction of sp³-hybridized carbons (Fsp3) is 0.474. The first-order valence-corrected chi connectivity index (χ1v) is 16.9. The average molecular weight is 634 g/mol. The number of aliphatic imine (C=N–C) groups is 1. The molecule has 1 N–H and O–H groups in total. The van der Waals surface area contributed by atoms with Gasteiger partial charge in [-0.3, -0.25) is 14.8 Å². The third kappa shape index (κ3) is 6.38. The van der Waals surface area contributed by atoms with Crippen LogP contribution < -0.4 is 0 Å². The quantitative estimate of drug-likeness (QED) is 0.298. The number of H-pyrrole nitrogens is 1. The Morgan fingerprint density at radius 3 is 2.53 bits per heavy atom. The number of nitrogens with one attached hydrogen (secondary N) is 1. The second-order valence-electron chi connectivity index (χ2n) is 14.5. The molecule has 1 aliphatic carbocycles. The lowest BCUT2D eigenvalue weighted by Gasteiger charge is -2.36. The number of piperidine rings is 1. The Kier molecular flexibility index (Phi) is 8.07. The van der Waals surface area contributed by atoms with E-state index in [4.69, 9.17) is 19.5 Å². The first-order valence-electron chi connectivity index (χ1n) is 16.9. The summed E-state index contributed by atoms with van der Waals surface area (Å²) in [7, 11) is 0. The maximum atomic E-state index is 13.2. The molecule has 2 saturated heterocycles. The minimum absolute atomic E-state index is 0.0178. The highest BCUT2D eigenvalue weighted by Gasteiger charge is 2.51. The number of fused-ring (bicyclic) bond motifs is 3. The summed E-state index contributed by atoms with van der Waals surface area (Å²) >= 11 is 0. The summed E-state index contributed by atoms with van der Waals surface area (Å²) in [5, 5.41) is 0. The first-order chi connectivity index (χ1) is 22.5. The lowest BCUT2D eigenvalue weighted by molar-refractivity contribution is 0.0142. The number of imidazole rings is 1. The van der Waals surface area contributed by atoms with Gasteiger partial charge in [-0.15, -0.1) is 0 Å². The van der Waals surface area contributed by atoms with E-state index in [1.165, 1.54) is 0 Å². The van der Waals surface area contributed by atoms with E-state index in [2.05, 4.69) is 29.0 Å². The van der Waals surface area contributed by atoms with Crippen LogP contribution in [0.5, 0.6) is 0 Å². The lowest BCUT2D eigenvalue weighted by Crippen LogP contribution is -2.50. The highest BCUT2D eigenvalue weighted by atomic mass is 16.6. The van der Waals surface area contributed by atoms with E-state index in [1.54, 1.807) is 4.90 Å². The molecule has 47 heavy (non-hydrogen) atoms. The molecule has 0 radical (unpaired) electrons. The summed E-state index contributed by atoms with van der Waals surface area (Å²) in [5.41, 5.74) is 6.38. The van der Waals surface area contributed by atoms with Crippen molar-refractivity contribution in [3.8, 4) is 11.8 Å². The molecule has 3 aliphatic heterocycles. The molecule has 9 nitrogen and oxygen atoms in total. The van der Waals surface area contributed by atoms with Gasteiger partial charge in [0.25, 0.3) is 0 Å². The maximum absolute atomic E-state index is 13.2. The summed E-state index contributed by atoms with van der Waals surface area (Å²) in [6.07, 6.45) is 7.02. The number of likely N-dealkylation sites (tertiary alicyclic amines) is 2. The molecule has 9 heteroatoms. The van der Waals surface area contributed by atoms with Crippen molar-refractivity contribution in [1.82, 2.24) is 19.8 Å². The molecular formula is C38H43N5O4. The molecule has 2 bridgehead atoms. The summed E-state index contributed by atoms with van der Waals surface area (Å²) in [6.45, 7) is 10.2. The molecule has 4 heterocycles. The van der Waals surface area contributed by atoms with Gasteiger partial charge in [0.15, 0.2) is 0 Å². The van der Waals surface area contributed by atoms with Crippen LogP contribution in [-0.2, 0) is 9.47 Å². The molecule has 2 amide bonds. The molecule has 3 aromatic rings. The van der Waals surface area contributed by atoms with Gasteiger partial charge in [-0.2, -0.15) is 0 Å². The van der Waals surface area contributed by atoms with Crippen LogP contribution in [0.4, 0.5) is 9.59 Å². The van der Waals surface area contributed by atoms with Crippen molar-refractivity contribution in [2.24, 2.45) is 10.9 Å². The van der Waals surface area contributed by atoms with Crippen molar-refractivity contribution in [2.45, 2.75) is 103 Å². The number of rotatable bonds is 4. The van der Waals surface area contributed by atoms with E-state index < -0.39 is 5.60 Å². The number of aromatic nitrogens is 2. The van der Waals surface area contributed by atoms with Gasteiger partial charge in [0.1, 0.15) is 11.4 Å². The Morgan fingerprint density at radius 1 is 1.00 bits per heavy atom. The minimum Gasteiger partial charge on any atom is -0.447 e. The molecule has 7 rings (SSSR count). The van der Waals surface area contributed by atoms with E-state index >= 15 is 0 Å². The lowest BCUT2D eigenvalue weighted by atomic mass is 9.90. The predicted octanol–water partition coefficient (Wildman–Crippen LogP) is 7.62. The maximum Gasteiger partial charge on any atom is 0.411 e. The van der Waals surface area contributed by atoms with Crippen LogP contribution in [0.2, 0.25) is 0 Å². The molecule has 0 spiro atoms. The Morgan fingerprint density at radius 2 is 1.77 bits per heavy atom. The number of hydrogen-bond acceptors (Lipinski definition) is 6. The molecule has 1 aromatic heterocycles. The van der Waals surface area contributed by atoms with Crippen molar-refractivity contribution < 1.29 is 19.1 Å². The van der Waals surface area contributed by atoms with Crippen LogP contribution in [0.25, 0.3) is 16.6 Å². The minimum atomic E-state index is -0.520. The predicted molar refractivity (Wildman–Crippen MR) is 182 cm³/mol. The van der Waals surface area contributed by atoms with Crippen LogP contribution >= 0.6 is 0 Å². The van der Waals surface area contributed by atoms with E-state index in [0.717, 1.165) is 83.4 Å². The summed E-state index contributed by atoms with van der Waals surface area (Å²) < 4.78 is 11.2. The average Bonchev–Trinajstić information content (AvgIpc) is 3.85. The van der Waals surface area contributed by atoms with Crippen molar-refractivity contribution in [1.29, 1.82) is 0 Å². The van der Waals surface area contributed by atoms with Gasteiger partial charge in [-0.1, -0.05) is 24.0 Å². The SMILES string of the molecule is CC(C)OC(=O)N1CCC[C@H]1c1nc2ccc(C#Cc3ccc(C4=CN=C([C@@H]5[C@@H]6CC[C@@H](C6)N5C(=O)OC(C)(C)C)C4)cc3)cc2[nH]1. The Labute approximate surface area is 276 Å². The van der Waals surface area contributed by atoms with E-state index in [9.17, 15) is 9.59 Å². The van der Waals surface area contributed by atoms with E-state index in [1.807, 2.05) is 76.1 Å². The Balaban J connectivity index is 1.00. The van der Waals surface area contributed by atoms with Crippen LogP contribution in [0.1, 0.15) is 102 Å². The molecule has 0 unspecified atom stereocenters. The van der Waals surface area contributed by atoms with Crippen LogP contribution in [-0.4, -0.2) is 68.0 Å². The summed E-state index contributed by atoms with van der Waals surface area (Å²) in [6, 6.07) is 14.4. The van der Waals surface area contributed by atoms with Crippen molar-refractivity contribution in [3.63, 3.8) is 0 Å². The highest BCUT2D eigenvalue weighted by Crippen LogP contribution is 2.45. The zero-order valence-corrected chi connectivity index (χ0v) is 27.9. The smallest absolute Gasteiger partial charge is 0.411 e. The van der Waals surface area contributed by atoms with Gasteiger partial charge >= 0.3 is 12.2 Å². The van der Waals surface area contributed by atoms with E-state index in [-0.39, 0.29) is 36.4 Å². The van der Waals surface area contributed by atoms with Crippen LogP contribution in [0.15, 0.2) is 53.7 Å². The topological polar surface area (TPSA) is 100 Å². The van der Waals surface area contributed by atoms with Crippen molar-refractivity contribution in [2.75, 3.05) is 6.54 Å². The Hall–Kier alpha value is -4.58. The normalized spacial score (nSPS) is 23.6. The van der Waals surface area contributed by atoms with E-state index in [0.29, 0.717) is 12.5 Å². The third-order valence-corrected chi connectivity index (χ3v) is 9.54. The number of benzene rings is 2. The van der Waals surface area contributed by atoms with Gasteiger partial charge in [0.2, 0.25) is 0 Å². The number of carbonyl (C=O) groups is 2. The zero-order chi connectivity index (χ0) is 32.9. The molecule has 244 valence electrons. The zero-order valence-electron chi connectivity index (χ0n) is 27.9. The molecule has 3 fully saturated rings. The van der Waals surface area contributed by atoms with Crippen molar-refractivity contribution >= 4 is 34.5 Å². The van der Waals surface area contributed by atoms with Gasteiger partial charge in [-0.05, 0) is 114 Å². The molecule has 1 saturated carbocycles. The van der Waals surface area contributed by atoms with Gasteiger partial charge in [-0.25, -0.2) is 14.6 Å². The van der Waals surface area contributed by atoms with Crippen LogP contribution in [0.3, 0.4) is 0 Å². The monoisotopic (exact) mass is 633 g/mol. The Bertz CT molecular complexity index is 1820. The number of ether oxygens (including phenoxy) is 2. The largest absolute Gasteiger partial charge is 0.447 e. The molecular weight excluding hydrogens is 590 g/mol. The fourth-order valence-corrected chi connectivity index (χ4v) is 7.52. The van der Waals surface area contributed by atoms with Gasteiger partial charge in [0.05, 0.1) is 29.2 Å². The number of aromatic amines is 1. The van der Waals surface area contributed by atoms with Crippen LogP contribution in [0, 0.1) is 17.8 Å². The third-order valence-electron chi connectivity index (χ3n) is 9.54. The second kappa shape index (κ2) is 12.2.